The van der Waals surface area contributed by atoms with Crippen molar-refractivity contribution in [2.24, 2.45) is 7.05 Å². The summed E-state index contributed by atoms with van der Waals surface area (Å²) in [4.78, 5) is 16.2. The lowest BCUT2D eigenvalue weighted by Crippen LogP contribution is -2.02. The fourth-order valence-corrected chi connectivity index (χ4v) is 1.55. The molecule has 94 valence electrons. The molecule has 0 atom stereocenters. The Balaban J connectivity index is 2.20. The Kier molecular flexibility index (Phi) is 3.72. The van der Waals surface area contributed by atoms with Crippen LogP contribution < -0.4 is 4.74 Å². The van der Waals surface area contributed by atoms with Crippen molar-refractivity contribution in [2.45, 2.75) is 13.3 Å². The van der Waals surface area contributed by atoms with E-state index in [0.717, 1.165) is 6.42 Å². The minimum absolute atomic E-state index is 0.0995. The largest absolute Gasteiger partial charge is 0.492 e. The molecule has 5 heteroatoms. The number of carbonyl (C=O) groups is 1. The number of aryl methyl sites for hydroxylation is 1. The van der Waals surface area contributed by atoms with Gasteiger partial charge in [-0.05, 0) is 12.5 Å². The number of pyridine rings is 1. The first-order valence-corrected chi connectivity index (χ1v) is 5.82. The molecule has 0 N–H and O–H groups in total. The van der Waals surface area contributed by atoms with Crippen LogP contribution in [0.15, 0.2) is 30.9 Å². The Bertz CT molecular complexity index is 549. The maximum atomic E-state index is 12.1. The van der Waals surface area contributed by atoms with Crippen molar-refractivity contribution in [3.63, 3.8) is 0 Å². The first-order valence-electron chi connectivity index (χ1n) is 5.82. The molecule has 2 rings (SSSR count). The second-order valence-corrected chi connectivity index (χ2v) is 3.99. The van der Waals surface area contributed by atoms with E-state index in [9.17, 15) is 4.79 Å². The number of hydrogen-bond acceptors (Lipinski definition) is 4. The van der Waals surface area contributed by atoms with Crippen molar-refractivity contribution in [2.75, 3.05) is 6.61 Å². The highest BCUT2D eigenvalue weighted by atomic mass is 16.5. The molecule has 0 aliphatic heterocycles. The molecular formula is C13H15N3O2. The summed E-state index contributed by atoms with van der Waals surface area (Å²) in [5.74, 6) is 0.518. The van der Waals surface area contributed by atoms with Crippen LogP contribution in [-0.2, 0) is 7.05 Å². The fraction of sp³-hybridized carbons (Fsp3) is 0.308. The van der Waals surface area contributed by atoms with Crippen LogP contribution in [0.2, 0.25) is 0 Å². The lowest BCUT2D eigenvalue weighted by atomic mass is 10.1. The van der Waals surface area contributed by atoms with E-state index in [-0.39, 0.29) is 5.78 Å². The van der Waals surface area contributed by atoms with Crippen LogP contribution in [0.4, 0.5) is 0 Å². The quantitative estimate of drug-likeness (QED) is 0.754. The van der Waals surface area contributed by atoms with E-state index in [4.69, 9.17) is 4.74 Å². The molecule has 0 aliphatic rings. The third-order valence-electron chi connectivity index (χ3n) is 2.42. The van der Waals surface area contributed by atoms with Crippen LogP contribution in [0.3, 0.4) is 0 Å². The number of rotatable bonds is 5. The Morgan fingerprint density at radius 1 is 1.33 bits per heavy atom. The molecule has 0 fully saturated rings. The Morgan fingerprint density at radius 2 is 2.17 bits per heavy atom. The molecular weight excluding hydrogens is 230 g/mol. The van der Waals surface area contributed by atoms with Gasteiger partial charge in [-0.1, -0.05) is 6.92 Å². The first-order chi connectivity index (χ1) is 8.70. The highest BCUT2D eigenvalue weighted by molar-refractivity contribution is 6.08. The van der Waals surface area contributed by atoms with E-state index >= 15 is 0 Å². The van der Waals surface area contributed by atoms with E-state index in [2.05, 4.69) is 10.1 Å². The molecule has 0 amide bonds. The van der Waals surface area contributed by atoms with Crippen LogP contribution in [0.5, 0.6) is 5.75 Å². The van der Waals surface area contributed by atoms with Crippen molar-refractivity contribution in [3.8, 4) is 5.75 Å². The number of hydrogen-bond donors (Lipinski definition) is 0. The molecule has 2 aromatic rings. The maximum absolute atomic E-state index is 12.1. The van der Waals surface area contributed by atoms with Gasteiger partial charge in [0.25, 0.3) is 0 Å². The number of carbonyl (C=O) groups excluding carboxylic acids is 1. The molecule has 5 nitrogen and oxygen atoms in total. The molecule has 0 spiro atoms. The van der Waals surface area contributed by atoms with Crippen molar-refractivity contribution < 1.29 is 9.53 Å². The summed E-state index contributed by atoms with van der Waals surface area (Å²) >= 11 is 0. The summed E-state index contributed by atoms with van der Waals surface area (Å²) in [6.45, 7) is 2.64. The average Bonchev–Trinajstić information content (AvgIpc) is 2.82. The Labute approximate surface area is 105 Å². The second kappa shape index (κ2) is 5.44. The summed E-state index contributed by atoms with van der Waals surface area (Å²) in [6.07, 6.45) is 7.29. The molecule has 18 heavy (non-hydrogen) atoms. The van der Waals surface area contributed by atoms with Gasteiger partial charge in [-0.25, -0.2) is 0 Å². The van der Waals surface area contributed by atoms with Crippen LogP contribution in [-0.4, -0.2) is 27.2 Å². The summed E-state index contributed by atoms with van der Waals surface area (Å²) in [6, 6.07) is 1.71. The number of aromatic nitrogens is 3. The van der Waals surface area contributed by atoms with E-state index in [1.807, 2.05) is 6.92 Å². The summed E-state index contributed by atoms with van der Waals surface area (Å²) in [5, 5.41) is 3.98. The predicted octanol–water partition coefficient (Wildman–Crippen LogP) is 1.83. The molecule has 0 radical (unpaired) electrons. The smallest absolute Gasteiger partial charge is 0.197 e. The third kappa shape index (κ3) is 2.74. The minimum Gasteiger partial charge on any atom is -0.492 e. The van der Waals surface area contributed by atoms with Gasteiger partial charge in [0.05, 0.1) is 24.6 Å². The van der Waals surface area contributed by atoms with Gasteiger partial charge in [-0.2, -0.15) is 5.10 Å². The fourth-order valence-electron chi connectivity index (χ4n) is 1.55. The predicted molar refractivity (Wildman–Crippen MR) is 66.7 cm³/mol. The van der Waals surface area contributed by atoms with Crippen LogP contribution in [0.25, 0.3) is 0 Å². The van der Waals surface area contributed by atoms with Gasteiger partial charge in [0.2, 0.25) is 0 Å². The lowest BCUT2D eigenvalue weighted by molar-refractivity contribution is 0.103. The van der Waals surface area contributed by atoms with Gasteiger partial charge in [-0.3, -0.25) is 14.5 Å². The van der Waals surface area contributed by atoms with E-state index in [1.54, 1.807) is 36.4 Å². The maximum Gasteiger partial charge on any atom is 0.197 e. The normalized spacial score (nSPS) is 10.3. The summed E-state index contributed by atoms with van der Waals surface area (Å²) < 4.78 is 7.05. The van der Waals surface area contributed by atoms with Crippen molar-refractivity contribution in [1.29, 1.82) is 0 Å². The molecule has 0 saturated carbocycles. The Morgan fingerprint density at radius 3 is 2.83 bits per heavy atom. The zero-order valence-corrected chi connectivity index (χ0v) is 10.5. The monoisotopic (exact) mass is 245 g/mol. The molecule has 0 saturated heterocycles. The lowest BCUT2D eigenvalue weighted by Gasteiger charge is -2.05. The van der Waals surface area contributed by atoms with E-state index in [0.29, 0.717) is 23.5 Å². The number of ether oxygens (including phenoxy) is 1. The van der Waals surface area contributed by atoms with E-state index in [1.165, 1.54) is 6.20 Å². The van der Waals surface area contributed by atoms with Gasteiger partial charge in [0.15, 0.2) is 5.78 Å². The summed E-state index contributed by atoms with van der Waals surface area (Å²) in [5.41, 5.74) is 1.06. The number of nitrogens with zero attached hydrogens (tertiary/aromatic N) is 3. The van der Waals surface area contributed by atoms with Crippen LogP contribution in [0.1, 0.15) is 29.3 Å². The molecule has 0 unspecified atom stereocenters. The van der Waals surface area contributed by atoms with Gasteiger partial charge < -0.3 is 4.74 Å². The molecule has 2 aromatic heterocycles. The van der Waals surface area contributed by atoms with Crippen LogP contribution in [0, 0.1) is 0 Å². The van der Waals surface area contributed by atoms with Crippen molar-refractivity contribution in [3.05, 3.63) is 42.0 Å². The second-order valence-electron chi connectivity index (χ2n) is 3.99. The van der Waals surface area contributed by atoms with Crippen molar-refractivity contribution >= 4 is 5.78 Å². The minimum atomic E-state index is -0.0995. The molecule has 2 heterocycles. The molecule has 0 bridgehead atoms. The SMILES string of the molecule is CCCOc1cncc(C(=O)c2cnn(C)c2)c1. The van der Waals surface area contributed by atoms with Gasteiger partial charge in [-0.15, -0.1) is 0 Å². The molecule has 0 aliphatic carbocycles. The summed E-state index contributed by atoms with van der Waals surface area (Å²) in [7, 11) is 1.77. The zero-order chi connectivity index (χ0) is 13.0. The highest BCUT2D eigenvalue weighted by Crippen LogP contribution is 2.15. The van der Waals surface area contributed by atoms with E-state index < -0.39 is 0 Å². The highest BCUT2D eigenvalue weighted by Gasteiger charge is 2.12. The van der Waals surface area contributed by atoms with Crippen LogP contribution >= 0.6 is 0 Å². The Hall–Kier alpha value is -2.17. The topological polar surface area (TPSA) is 57.0 Å². The van der Waals surface area contributed by atoms with Gasteiger partial charge in [0.1, 0.15) is 5.75 Å². The van der Waals surface area contributed by atoms with Gasteiger partial charge >= 0.3 is 0 Å². The molecule has 0 aromatic carbocycles. The standard InChI is InChI=1S/C13H15N3O2/c1-3-4-18-12-5-10(6-14-8-12)13(17)11-7-15-16(2)9-11/h5-9H,3-4H2,1-2H3. The van der Waals surface area contributed by atoms with Gasteiger partial charge in [0, 0.05) is 25.0 Å². The third-order valence-corrected chi connectivity index (χ3v) is 2.42. The van der Waals surface area contributed by atoms with Crippen molar-refractivity contribution in [1.82, 2.24) is 14.8 Å². The average molecular weight is 245 g/mol. The zero-order valence-electron chi connectivity index (χ0n) is 10.5. The number of ketones is 1. The first kappa shape index (κ1) is 12.3.